The van der Waals surface area contributed by atoms with Gasteiger partial charge in [0.15, 0.2) is 0 Å². The zero-order valence-electron chi connectivity index (χ0n) is 15.4. The number of nitrogens with two attached hydrogens (primary N) is 1. The SMILES string of the molecule is Cc1cccc(N2CCN(c3ncnc(N4CCCC(N)C4)n3)CC2)c1. The first-order valence-electron chi connectivity index (χ1n) is 9.45. The van der Waals surface area contributed by atoms with Crippen molar-refractivity contribution < 1.29 is 0 Å². The molecule has 2 N–H and O–H groups in total. The molecular weight excluding hydrogens is 326 g/mol. The predicted octanol–water partition coefficient (Wildman–Crippen LogP) is 1.43. The standard InChI is InChI=1S/C19H27N7/c1-15-4-2-6-17(12-15)24-8-10-25(11-9-24)18-21-14-22-19(23-18)26-7-3-5-16(20)13-26/h2,4,6,12,14,16H,3,5,7-11,13,20H2,1H3. The summed E-state index contributed by atoms with van der Waals surface area (Å²) in [5.74, 6) is 1.53. The van der Waals surface area contributed by atoms with Crippen LogP contribution in [0.1, 0.15) is 18.4 Å². The van der Waals surface area contributed by atoms with Gasteiger partial charge >= 0.3 is 0 Å². The van der Waals surface area contributed by atoms with Crippen LogP contribution in [0.25, 0.3) is 0 Å². The molecule has 1 atom stereocenters. The average Bonchev–Trinajstić information content (AvgIpc) is 2.68. The van der Waals surface area contributed by atoms with Crippen molar-refractivity contribution in [2.45, 2.75) is 25.8 Å². The van der Waals surface area contributed by atoms with Gasteiger partial charge in [0.2, 0.25) is 11.9 Å². The molecule has 0 saturated carbocycles. The van der Waals surface area contributed by atoms with Gasteiger partial charge in [-0.25, -0.2) is 9.97 Å². The normalized spacial score (nSPS) is 21.2. The number of rotatable bonds is 3. The van der Waals surface area contributed by atoms with Crippen LogP contribution in [-0.2, 0) is 0 Å². The van der Waals surface area contributed by atoms with Crippen LogP contribution >= 0.6 is 0 Å². The number of hydrogen-bond donors (Lipinski definition) is 1. The summed E-state index contributed by atoms with van der Waals surface area (Å²) in [5.41, 5.74) is 8.69. The number of aromatic nitrogens is 3. The molecule has 2 aromatic rings. The summed E-state index contributed by atoms with van der Waals surface area (Å²) < 4.78 is 0. The van der Waals surface area contributed by atoms with Crippen LogP contribution in [0.5, 0.6) is 0 Å². The van der Waals surface area contributed by atoms with Gasteiger partial charge in [0.1, 0.15) is 6.33 Å². The fraction of sp³-hybridized carbons (Fsp3) is 0.526. The van der Waals surface area contributed by atoms with Gasteiger partial charge in [0, 0.05) is 51.0 Å². The Bertz CT molecular complexity index is 742. The summed E-state index contributed by atoms with van der Waals surface area (Å²) in [5, 5.41) is 0. The molecule has 1 aromatic carbocycles. The molecule has 0 amide bonds. The largest absolute Gasteiger partial charge is 0.368 e. The molecule has 2 aliphatic rings. The maximum absolute atomic E-state index is 6.10. The number of benzene rings is 1. The molecule has 2 aliphatic heterocycles. The van der Waals surface area contributed by atoms with Crippen LogP contribution in [0.4, 0.5) is 17.6 Å². The first-order valence-corrected chi connectivity index (χ1v) is 9.45. The lowest BCUT2D eigenvalue weighted by atomic mass is 10.1. The van der Waals surface area contributed by atoms with E-state index in [0.29, 0.717) is 0 Å². The highest BCUT2D eigenvalue weighted by atomic mass is 15.4. The molecule has 138 valence electrons. The van der Waals surface area contributed by atoms with Gasteiger partial charge in [-0.1, -0.05) is 12.1 Å². The summed E-state index contributed by atoms with van der Waals surface area (Å²) in [6.07, 6.45) is 3.80. The molecule has 7 heteroatoms. The molecule has 0 aliphatic carbocycles. The van der Waals surface area contributed by atoms with Crippen molar-refractivity contribution in [3.8, 4) is 0 Å². The van der Waals surface area contributed by atoms with Crippen LogP contribution in [0.2, 0.25) is 0 Å². The Balaban J connectivity index is 1.42. The first kappa shape index (κ1) is 17.0. The lowest BCUT2D eigenvalue weighted by Crippen LogP contribution is -2.47. The van der Waals surface area contributed by atoms with Crippen molar-refractivity contribution in [2.75, 3.05) is 54.0 Å². The summed E-state index contributed by atoms with van der Waals surface area (Å²) in [6, 6.07) is 8.90. The van der Waals surface area contributed by atoms with E-state index >= 15 is 0 Å². The second-order valence-corrected chi connectivity index (χ2v) is 7.25. The molecule has 4 rings (SSSR count). The van der Waals surface area contributed by atoms with E-state index in [2.05, 4.69) is 55.9 Å². The lowest BCUT2D eigenvalue weighted by molar-refractivity contribution is 0.499. The fourth-order valence-electron chi connectivity index (χ4n) is 3.76. The third kappa shape index (κ3) is 3.72. The minimum atomic E-state index is 0.210. The second kappa shape index (κ2) is 7.45. The molecule has 0 radical (unpaired) electrons. The second-order valence-electron chi connectivity index (χ2n) is 7.25. The van der Waals surface area contributed by atoms with Crippen molar-refractivity contribution >= 4 is 17.6 Å². The van der Waals surface area contributed by atoms with E-state index in [1.165, 1.54) is 11.3 Å². The summed E-state index contributed by atoms with van der Waals surface area (Å²) in [4.78, 5) is 20.4. The van der Waals surface area contributed by atoms with Crippen LogP contribution in [0, 0.1) is 6.92 Å². The predicted molar refractivity (Wildman–Crippen MR) is 105 cm³/mol. The van der Waals surface area contributed by atoms with Crippen LogP contribution in [0.3, 0.4) is 0 Å². The molecular formula is C19H27N7. The summed E-state index contributed by atoms with van der Waals surface area (Å²) in [7, 11) is 0. The maximum atomic E-state index is 6.10. The Labute approximate surface area is 154 Å². The molecule has 0 spiro atoms. The van der Waals surface area contributed by atoms with E-state index < -0.39 is 0 Å². The molecule has 2 fully saturated rings. The lowest BCUT2D eigenvalue weighted by Gasteiger charge is -2.36. The first-order chi connectivity index (χ1) is 12.7. The number of piperidine rings is 1. The zero-order chi connectivity index (χ0) is 17.9. The van der Waals surface area contributed by atoms with Gasteiger partial charge in [-0.05, 0) is 37.5 Å². The topological polar surface area (TPSA) is 74.4 Å². The third-order valence-electron chi connectivity index (χ3n) is 5.22. The van der Waals surface area contributed by atoms with Crippen molar-refractivity contribution in [1.82, 2.24) is 15.0 Å². The highest BCUT2D eigenvalue weighted by Crippen LogP contribution is 2.21. The van der Waals surface area contributed by atoms with Gasteiger partial charge < -0.3 is 20.4 Å². The van der Waals surface area contributed by atoms with E-state index in [1.54, 1.807) is 6.33 Å². The quantitative estimate of drug-likeness (QED) is 0.895. The van der Waals surface area contributed by atoms with E-state index in [9.17, 15) is 0 Å². The Morgan fingerprint density at radius 1 is 0.962 bits per heavy atom. The van der Waals surface area contributed by atoms with Gasteiger partial charge in [-0.15, -0.1) is 0 Å². The molecule has 0 bridgehead atoms. The Hall–Kier alpha value is -2.41. The highest BCUT2D eigenvalue weighted by molar-refractivity contribution is 5.50. The Morgan fingerprint density at radius 2 is 1.69 bits per heavy atom. The van der Waals surface area contributed by atoms with Crippen molar-refractivity contribution in [3.63, 3.8) is 0 Å². The minimum absolute atomic E-state index is 0.210. The molecule has 1 aromatic heterocycles. The number of piperazine rings is 1. The third-order valence-corrected chi connectivity index (χ3v) is 5.22. The van der Waals surface area contributed by atoms with E-state index in [0.717, 1.165) is 64.0 Å². The maximum Gasteiger partial charge on any atom is 0.230 e. The van der Waals surface area contributed by atoms with Crippen LogP contribution in [-0.4, -0.2) is 60.3 Å². The summed E-state index contributed by atoms with van der Waals surface area (Å²) >= 11 is 0. The highest BCUT2D eigenvalue weighted by Gasteiger charge is 2.22. The minimum Gasteiger partial charge on any atom is -0.368 e. The fourth-order valence-corrected chi connectivity index (χ4v) is 3.76. The molecule has 7 nitrogen and oxygen atoms in total. The molecule has 2 saturated heterocycles. The number of aryl methyl sites for hydroxylation is 1. The van der Waals surface area contributed by atoms with Crippen molar-refractivity contribution in [3.05, 3.63) is 36.2 Å². The van der Waals surface area contributed by atoms with Gasteiger partial charge in [-0.2, -0.15) is 4.98 Å². The molecule has 26 heavy (non-hydrogen) atoms. The van der Waals surface area contributed by atoms with Crippen molar-refractivity contribution in [1.29, 1.82) is 0 Å². The van der Waals surface area contributed by atoms with Gasteiger partial charge in [-0.3, -0.25) is 0 Å². The zero-order valence-corrected chi connectivity index (χ0v) is 15.4. The van der Waals surface area contributed by atoms with Crippen LogP contribution in [0.15, 0.2) is 30.6 Å². The Kier molecular flexibility index (Phi) is 4.88. The number of hydrogen-bond acceptors (Lipinski definition) is 7. The van der Waals surface area contributed by atoms with Gasteiger partial charge in [0.25, 0.3) is 0 Å². The van der Waals surface area contributed by atoms with Crippen molar-refractivity contribution in [2.24, 2.45) is 5.73 Å². The monoisotopic (exact) mass is 353 g/mol. The molecule has 3 heterocycles. The number of anilines is 3. The van der Waals surface area contributed by atoms with E-state index in [1.807, 2.05) is 0 Å². The van der Waals surface area contributed by atoms with E-state index in [-0.39, 0.29) is 6.04 Å². The smallest absolute Gasteiger partial charge is 0.230 e. The Morgan fingerprint density at radius 3 is 2.42 bits per heavy atom. The van der Waals surface area contributed by atoms with E-state index in [4.69, 9.17) is 10.7 Å². The van der Waals surface area contributed by atoms with Crippen LogP contribution < -0.4 is 20.4 Å². The van der Waals surface area contributed by atoms with Gasteiger partial charge in [0.05, 0.1) is 0 Å². The molecule has 1 unspecified atom stereocenters. The summed E-state index contributed by atoms with van der Waals surface area (Å²) in [6.45, 7) is 7.70. The number of nitrogens with zero attached hydrogens (tertiary/aromatic N) is 6. The average molecular weight is 353 g/mol.